The van der Waals surface area contributed by atoms with Gasteiger partial charge in [-0.2, -0.15) is 13.2 Å². The molecule has 0 radical (unpaired) electrons. The standard InChI is InChI=1S/C27H30BF3N2O3/c1-3-16-32-19-20(2)33-26(34)28-14-11-22(12-15-28)36-24-9-6-8-23(18-24)35-17-13-21-7-4-5-10-25(21)27(29,30)31/h3-10,16,18-19,22H,1,11-15,17H2,2H3,(H,33,34)/b20-19+,32-16?. The van der Waals surface area contributed by atoms with E-state index in [1.807, 2.05) is 6.07 Å². The largest absolute Gasteiger partial charge is 0.493 e. The number of nitrogens with one attached hydrogen (secondary N) is 1. The topological polar surface area (TPSA) is 59.9 Å². The lowest BCUT2D eigenvalue weighted by atomic mass is 9.40. The van der Waals surface area contributed by atoms with Gasteiger partial charge in [-0.1, -0.05) is 49.6 Å². The summed E-state index contributed by atoms with van der Waals surface area (Å²) in [6.07, 6.45) is 3.35. The van der Waals surface area contributed by atoms with Crippen LogP contribution in [-0.4, -0.2) is 31.4 Å². The van der Waals surface area contributed by atoms with Crippen LogP contribution in [0.1, 0.15) is 30.9 Å². The van der Waals surface area contributed by atoms with Crippen LogP contribution in [0.5, 0.6) is 11.5 Å². The molecule has 0 saturated carbocycles. The van der Waals surface area contributed by atoms with Crippen molar-refractivity contribution in [3.05, 3.63) is 84.2 Å². The number of nitrogens with zero attached hydrogens (tertiary/aromatic N) is 1. The number of hydrogen-bond donors (Lipinski definition) is 1. The van der Waals surface area contributed by atoms with Gasteiger partial charge in [-0.15, -0.1) is 0 Å². The van der Waals surface area contributed by atoms with Gasteiger partial charge in [-0.05, 0) is 43.5 Å². The van der Waals surface area contributed by atoms with E-state index in [2.05, 4.69) is 16.9 Å². The number of ether oxygens (including phenoxy) is 2. The van der Waals surface area contributed by atoms with Crippen molar-refractivity contribution in [3.8, 4) is 11.5 Å². The fourth-order valence-electron chi connectivity index (χ4n) is 4.11. The number of hydrogen-bond acceptors (Lipinski definition) is 4. The molecule has 0 spiro atoms. The molecule has 3 rings (SSSR count). The summed E-state index contributed by atoms with van der Waals surface area (Å²) >= 11 is 0. The highest BCUT2D eigenvalue weighted by atomic mass is 19.4. The Morgan fingerprint density at radius 2 is 1.89 bits per heavy atom. The Bertz CT molecular complexity index is 1090. The number of aliphatic imine (C=N–C) groups is 1. The molecule has 9 heteroatoms. The van der Waals surface area contributed by atoms with Gasteiger partial charge in [0.05, 0.1) is 18.3 Å². The first-order valence-corrected chi connectivity index (χ1v) is 11.9. The van der Waals surface area contributed by atoms with Gasteiger partial charge in [0.2, 0.25) is 0 Å². The zero-order valence-electron chi connectivity index (χ0n) is 20.3. The van der Waals surface area contributed by atoms with E-state index in [4.69, 9.17) is 9.47 Å². The van der Waals surface area contributed by atoms with Gasteiger partial charge in [-0.3, -0.25) is 9.79 Å². The van der Waals surface area contributed by atoms with Crippen molar-refractivity contribution in [2.45, 2.75) is 51.1 Å². The molecule has 0 unspecified atom stereocenters. The molecule has 1 aliphatic rings. The average Bonchev–Trinajstić information content (AvgIpc) is 2.84. The third-order valence-corrected chi connectivity index (χ3v) is 5.90. The molecule has 36 heavy (non-hydrogen) atoms. The highest BCUT2D eigenvalue weighted by Crippen LogP contribution is 2.32. The fraction of sp³-hybridized carbons (Fsp3) is 0.333. The van der Waals surface area contributed by atoms with Gasteiger partial charge < -0.3 is 14.8 Å². The van der Waals surface area contributed by atoms with E-state index in [0.29, 0.717) is 29.8 Å². The van der Waals surface area contributed by atoms with E-state index >= 15 is 0 Å². The highest BCUT2D eigenvalue weighted by Gasteiger charge is 2.33. The first-order valence-electron chi connectivity index (χ1n) is 11.9. The van der Waals surface area contributed by atoms with Crippen molar-refractivity contribution in [2.75, 3.05) is 6.61 Å². The van der Waals surface area contributed by atoms with Crippen molar-refractivity contribution in [1.29, 1.82) is 0 Å². The second-order valence-electron chi connectivity index (χ2n) is 8.65. The maximum absolute atomic E-state index is 13.2. The maximum Gasteiger partial charge on any atom is 0.416 e. The van der Waals surface area contributed by atoms with Crippen LogP contribution in [0.15, 0.2) is 78.1 Å². The average molecular weight is 498 g/mol. The summed E-state index contributed by atoms with van der Waals surface area (Å²) in [6, 6.07) is 12.6. The number of carbonyl (C=O) groups excluding carboxylic acids is 1. The Balaban J connectivity index is 1.46. The van der Waals surface area contributed by atoms with Gasteiger partial charge in [0, 0.05) is 30.6 Å². The molecule has 2 aromatic rings. The number of alkyl halides is 3. The van der Waals surface area contributed by atoms with Crippen LogP contribution in [0.3, 0.4) is 0 Å². The van der Waals surface area contributed by atoms with Gasteiger partial charge >= 0.3 is 6.18 Å². The smallest absolute Gasteiger partial charge is 0.416 e. The molecule has 190 valence electrons. The van der Waals surface area contributed by atoms with Crippen LogP contribution < -0.4 is 14.8 Å². The Hall–Kier alpha value is -3.49. The molecule has 0 aliphatic carbocycles. The molecular formula is C27H30BF3N2O3. The lowest BCUT2D eigenvalue weighted by Gasteiger charge is -2.26. The Morgan fingerprint density at radius 1 is 1.17 bits per heavy atom. The van der Waals surface area contributed by atoms with Gasteiger partial charge in [0.1, 0.15) is 11.5 Å². The summed E-state index contributed by atoms with van der Waals surface area (Å²) in [6.45, 7) is 5.38. The minimum absolute atomic E-state index is 0.0153. The monoisotopic (exact) mass is 498 g/mol. The SMILES string of the molecule is C=CC=N/C=C(\C)NC(=O)B1CCC(Oc2cccc(OCCc3ccccc3C(F)(F)F)c2)CC1. The molecule has 1 amide bonds. The number of rotatable bonds is 10. The highest BCUT2D eigenvalue weighted by molar-refractivity contribution is 6.90. The Kier molecular flexibility index (Phi) is 9.79. The van der Waals surface area contributed by atoms with Gasteiger partial charge in [0.15, 0.2) is 5.81 Å². The van der Waals surface area contributed by atoms with Gasteiger partial charge in [-0.25, -0.2) is 0 Å². The first kappa shape index (κ1) is 27.1. The molecule has 1 fully saturated rings. The first-order chi connectivity index (χ1) is 17.3. The molecule has 1 heterocycles. The minimum Gasteiger partial charge on any atom is -0.493 e. The van der Waals surface area contributed by atoms with Gasteiger partial charge in [0.25, 0.3) is 6.71 Å². The summed E-state index contributed by atoms with van der Waals surface area (Å²) in [5.41, 5.74) is 0.242. The molecule has 1 saturated heterocycles. The van der Waals surface area contributed by atoms with Crippen molar-refractivity contribution in [1.82, 2.24) is 5.32 Å². The summed E-state index contributed by atoms with van der Waals surface area (Å²) in [5, 5.41) is 2.88. The van der Waals surface area contributed by atoms with E-state index in [1.165, 1.54) is 12.1 Å². The van der Waals surface area contributed by atoms with Crippen LogP contribution in [0.2, 0.25) is 12.6 Å². The van der Waals surface area contributed by atoms with Crippen molar-refractivity contribution in [2.24, 2.45) is 4.99 Å². The number of allylic oxidation sites excluding steroid dienone is 2. The zero-order valence-corrected chi connectivity index (χ0v) is 20.3. The second-order valence-corrected chi connectivity index (χ2v) is 8.65. The molecule has 1 aliphatic heterocycles. The third-order valence-electron chi connectivity index (χ3n) is 5.90. The summed E-state index contributed by atoms with van der Waals surface area (Å²) in [7, 11) is 0. The summed E-state index contributed by atoms with van der Waals surface area (Å²) in [4.78, 5) is 16.5. The lowest BCUT2D eigenvalue weighted by molar-refractivity contribution is -0.138. The minimum atomic E-state index is -4.39. The van der Waals surface area contributed by atoms with Crippen LogP contribution in [0.25, 0.3) is 0 Å². The quantitative estimate of drug-likeness (QED) is 0.291. The predicted octanol–water partition coefficient (Wildman–Crippen LogP) is 6.77. The summed E-state index contributed by atoms with van der Waals surface area (Å²) in [5.74, 6) is 1.15. The number of carbonyl (C=O) groups is 1. The predicted molar refractivity (Wildman–Crippen MR) is 137 cm³/mol. The van der Waals surface area contributed by atoms with Crippen LogP contribution in [0.4, 0.5) is 18.0 Å². The van der Waals surface area contributed by atoms with E-state index in [-0.39, 0.29) is 37.2 Å². The number of amides is 1. The van der Waals surface area contributed by atoms with Crippen LogP contribution in [0, 0.1) is 0 Å². The van der Waals surface area contributed by atoms with E-state index in [9.17, 15) is 18.0 Å². The van der Waals surface area contributed by atoms with Crippen LogP contribution >= 0.6 is 0 Å². The van der Waals surface area contributed by atoms with E-state index in [1.54, 1.807) is 49.7 Å². The zero-order chi connectivity index (χ0) is 26.0. The van der Waals surface area contributed by atoms with Crippen molar-refractivity contribution < 1.29 is 27.4 Å². The third kappa shape index (κ3) is 8.32. The van der Waals surface area contributed by atoms with Crippen molar-refractivity contribution >= 4 is 18.7 Å². The Morgan fingerprint density at radius 3 is 2.61 bits per heavy atom. The number of halogens is 3. The van der Waals surface area contributed by atoms with Crippen LogP contribution in [-0.2, 0) is 12.6 Å². The number of benzene rings is 2. The molecule has 5 nitrogen and oxygen atoms in total. The normalized spacial score (nSPS) is 15.1. The molecule has 0 bridgehead atoms. The molecule has 1 N–H and O–H groups in total. The fourth-order valence-corrected chi connectivity index (χ4v) is 4.11. The van der Waals surface area contributed by atoms with E-state index in [0.717, 1.165) is 18.9 Å². The summed E-state index contributed by atoms with van der Waals surface area (Å²) < 4.78 is 51.3. The molecule has 0 aromatic heterocycles. The maximum atomic E-state index is 13.2. The molecular weight excluding hydrogens is 468 g/mol. The van der Waals surface area contributed by atoms with Crippen molar-refractivity contribution in [3.63, 3.8) is 0 Å². The second kappa shape index (κ2) is 13.0. The van der Waals surface area contributed by atoms with E-state index < -0.39 is 11.7 Å². The lowest BCUT2D eigenvalue weighted by Crippen LogP contribution is -2.40. The molecule has 0 atom stereocenters. The Labute approximate surface area is 210 Å². The molecule has 2 aromatic carbocycles.